The summed E-state index contributed by atoms with van der Waals surface area (Å²) < 4.78 is 0. The molecule has 2 aliphatic heterocycles. The van der Waals surface area contributed by atoms with Gasteiger partial charge >= 0.3 is 0 Å². The Labute approximate surface area is 175 Å². The zero-order chi connectivity index (χ0) is 20.5. The fourth-order valence-electron chi connectivity index (χ4n) is 4.14. The van der Waals surface area contributed by atoms with Crippen LogP contribution >= 0.6 is 11.6 Å². The molecule has 150 valence electrons. The van der Waals surface area contributed by atoms with Crippen LogP contribution in [0, 0.1) is 0 Å². The van der Waals surface area contributed by atoms with E-state index in [4.69, 9.17) is 11.6 Å². The molecule has 0 radical (unpaired) electrons. The van der Waals surface area contributed by atoms with E-state index in [9.17, 15) is 14.4 Å². The van der Waals surface area contributed by atoms with Crippen molar-refractivity contribution in [3.63, 3.8) is 0 Å². The van der Waals surface area contributed by atoms with Crippen LogP contribution in [0.1, 0.15) is 49.7 Å². The lowest BCUT2D eigenvalue weighted by atomic mass is 9.88. The number of carbonyl (C=O) groups is 3. The molecule has 2 aromatic rings. The Kier molecular flexibility index (Phi) is 5.41. The molecule has 2 heterocycles. The summed E-state index contributed by atoms with van der Waals surface area (Å²) in [6.07, 6.45) is 2.33. The van der Waals surface area contributed by atoms with Crippen molar-refractivity contribution in [2.24, 2.45) is 0 Å². The van der Waals surface area contributed by atoms with Crippen molar-refractivity contribution < 1.29 is 14.4 Å². The average molecular weight is 411 g/mol. The first-order valence-corrected chi connectivity index (χ1v) is 10.3. The molecule has 1 N–H and O–H groups in total. The molecule has 2 saturated heterocycles. The van der Waals surface area contributed by atoms with Crippen molar-refractivity contribution in [2.45, 2.75) is 51.1 Å². The van der Waals surface area contributed by atoms with Crippen molar-refractivity contribution in [1.29, 1.82) is 0 Å². The SMILES string of the molecule is CC1CCC(=O)N1Cc1ccc(-c2cccc(C3CCC(=O)NC3=O)c2Cl)cc1. The van der Waals surface area contributed by atoms with E-state index in [1.54, 1.807) is 0 Å². The zero-order valence-electron chi connectivity index (χ0n) is 16.3. The average Bonchev–Trinajstić information content (AvgIpc) is 3.01. The van der Waals surface area contributed by atoms with Gasteiger partial charge in [-0.05, 0) is 36.5 Å². The van der Waals surface area contributed by atoms with Gasteiger partial charge in [0.05, 0.1) is 10.9 Å². The summed E-state index contributed by atoms with van der Waals surface area (Å²) in [5.74, 6) is -0.733. The van der Waals surface area contributed by atoms with Crippen LogP contribution in [0.15, 0.2) is 42.5 Å². The molecule has 0 spiro atoms. The standard InChI is InChI=1S/C23H23ClN2O3/c1-14-5-12-21(28)26(14)13-15-6-8-16(9-7-15)17-3-2-4-18(22(17)24)19-10-11-20(27)25-23(19)29/h2-4,6-9,14,19H,5,10-13H2,1H3,(H,25,27,29). The number of hydrogen-bond acceptors (Lipinski definition) is 3. The third kappa shape index (κ3) is 3.92. The number of hydrogen-bond donors (Lipinski definition) is 1. The van der Waals surface area contributed by atoms with E-state index in [2.05, 4.69) is 12.2 Å². The predicted octanol–water partition coefficient (Wildman–Crippen LogP) is 4.04. The summed E-state index contributed by atoms with van der Waals surface area (Å²) in [5, 5.41) is 2.93. The molecule has 29 heavy (non-hydrogen) atoms. The minimum atomic E-state index is -0.415. The Morgan fingerprint density at radius 2 is 1.79 bits per heavy atom. The highest BCUT2D eigenvalue weighted by molar-refractivity contribution is 6.34. The molecule has 5 nitrogen and oxygen atoms in total. The van der Waals surface area contributed by atoms with E-state index in [1.807, 2.05) is 47.4 Å². The number of nitrogens with one attached hydrogen (secondary N) is 1. The lowest BCUT2D eigenvalue weighted by Crippen LogP contribution is -2.39. The largest absolute Gasteiger partial charge is 0.336 e. The normalized spacial score (nSPS) is 22.1. The van der Waals surface area contributed by atoms with Crippen LogP contribution in [0.25, 0.3) is 11.1 Å². The number of rotatable bonds is 4. The Balaban J connectivity index is 1.56. The highest BCUT2D eigenvalue weighted by atomic mass is 35.5. The second-order valence-electron chi connectivity index (χ2n) is 7.82. The fraction of sp³-hybridized carbons (Fsp3) is 0.348. The number of amides is 3. The zero-order valence-corrected chi connectivity index (χ0v) is 17.0. The van der Waals surface area contributed by atoms with Crippen molar-refractivity contribution in [2.75, 3.05) is 0 Å². The van der Waals surface area contributed by atoms with Crippen molar-refractivity contribution in [3.05, 3.63) is 58.6 Å². The molecular formula is C23H23ClN2O3. The molecule has 2 aliphatic rings. The molecule has 2 unspecified atom stereocenters. The maximum absolute atomic E-state index is 12.2. The van der Waals surface area contributed by atoms with Gasteiger partial charge in [0.25, 0.3) is 0 Å². The minimum Gasteiger partial charge on any atom is -0.336 e. The lowest BCUT2D eigenvalue weighted by Gasteiger charge is -2.23. The van der Waals surface area contributed by atoms with Gasteiger partial charge in [-0.3, -0.25) is 19.7 Å². The van der Waals surface area contributed by atoms with Crippen molar-refractivity contribution >= 4 is 29.3 Å². The summed E-state index contributed by atoms with van der Waals surface area (Å²) >= 11 is 6.68. The van der Waals surface area contributed by atoms with E-state index in [0.29, 0.717) is 30.8 Å². The highest BCUT2D eigenvalue weighted by Crippen LogP contribution is 2.37. The quantitative estimate of drug-likeness (QED) is 0.773. The summed E-state index contributed by atoms with van der Waals surface area (Å²) in [6.45, 7) is 2.70. The molecule has 4 rings (SSSR count). The van der Waals surface area contributed by atoms with Crippen LogP contribution in [-0.2, 0) is 20.9 Å². The van der Waals surface area contributed by atoms with Crippen LogP contribution in [0.3, 0.4) is 0 Å². The summed E-state index contributed by atoms with van der Waals surface area (Å²) in [4.78, 5) is 37.6. The van der Waals surface area contributed by atoms with Crippen LogP contribution in [0.4, 0.5) is 0 Å². The van der Waals surface area contributed by atoms with Gasteiger partial charge < -0.3 is 4.90 Å². The van der Waals surface area contributed by atoms with E-state index in [1.165, 1.54) is 0 Å². The third-order valence-corrected chi connectivity index (χ3v) is 6.31. The molecular weight excluding hydrogens is 388 g/mol. The maximum atomic E-state index is 12.2. The Bertz CT molecular complexity index is 971. The lowest BCUT2D eigenvalue weighted by molar-refractivity contribution is -0.134. The first-order chi connectivity index (χ1) is 13.9. The maximum Gasteiger partial charge on any atom is 0.234 e. The van der Waals surface area contributed by atoms with Gasteiger partial charge in [0.2, 0.25) is 17.7 Å². The molecule has 2 atom stereocenters. The fourth-order valence-corrected chi connectivity index (χ4v) is 4.51. The summed E-state index contributed by atoms with van der Waals surface area (Å²) in [5.41, 5.74) is 3.63. The van der Waals surface area contributed by atoms with Gasteiger partial charge in [-0.2, -0.15) is 0 Å². The molecule has 0 bridgehead atoms. The first-order valence-electron chi connectivity index (χ1n) is 9.95. The number of likely N-dealkylation sites (tertiary alicyclic amines) is 1. The number of piperidine rings is 1. The Morgan fingerprint density at radius 3 is 2.45 bits per heavy atom. The summed E-state index contributed by atoms with van der Waals surface area (Å²) in [7, 11) is 0. The number of carbonyl (C=O) groups excluding carboxylic acids is 3. The van der Waals surface area contributed by atoms with E-state index in [0.717, 1.165) is 28.7 Å². The number of imide groups is 1. The molecule has 2 fully saturated rings. The first kappa shape index (κ1) is 19.6. The number of benzene rings is 2. The van der Waals surface area contributed by atoms with E-state index >= 15 is 0 Å². The molecule has 0 saturated carbocycles. The second kappa shape index (κ2) is 7.99. The summed E-state index contributed by atoms with van der Waals surface area (Å²) in [6, 6.07) is 14.0. The van der Waals surface area contributed by atoms with Crippen LogP contribution in [-0.4, -0.2) is 28.7 Å². The smallest absolute Gasteiger partial charge is 0.234 e. The molecule has 3 amide bonds. The predicted molar refractivity (Wildman–Crippen MR) is 111 cm³/mol. The highest BCUT2D eigenvalue weighted by Gasteiger charge is 2.30. The van der Waals surface area contributed by atoms with E-state index in [-0.39, 0.29) is 23.8 Å². The van der Waals surface area contributed by atoms with Crippen molar-refractivity contribution in [1.82, 2.24) is 10.2 Å². The van der Waals surface area contributed by atoms with Gasteiger partial charge in [0.1, 0.15) is 0 Å². The number of halogens is 1. The van der Waals surface area contributed by atoms with Gasteiger partial charge in [-0.15, -0.1) is 0 Å². The van der Waals surface area contributed by atoms with Gasteiger partial charge in [0.15, 0.2) is 0 Å². The Hall–Kier alpha value is -2.66. The van der Waals surface area contributed by atoms with Gasteiger partial charge in [-0.1, -0.05) is 54.1 Å². The monoisotopic (exact) mass is 410 g/mol. The minimum absolute atomic E-state index is 0.210. The van der Waals surface area contributed by atoms with Crippen molar-refractivity contribution in [3.8, 4) is 11.1 Å². The molecule has 6 heteroatoms. The topological polar surface area (TPSA) is 66.5 Å². The third-order valence-electron chi connectivity index (χ3n) is 5.89. The van der Waals surface area contributed by atoms with Crippen LogP contribution < -0.4 is 5.32 Å². The van der Waals surface area contributed by atoms with E-state index < -0.39 is 5.92 Å². The molecule has 2 aromatic carbocycles. The van der Waals surface area contributed by atoms with Gasteiger partial charge in [-0.25, -0.2) is 0 Å². The molecule has 0 aliphatic carbocycles. The molecule has 0 aromatic heterocycles. The second-order valence-corrected chi connectivity index (χ2v) is 8.20. The van der Waals surface area contributed by atoms with Gasteiger partial charge in [0, 0.05) is 31.0 Å². The van der Waals surface area contributed by atoms with Crippen LogP contribution in [0.5, 0.6) is 0 Å². The van der Waals surface area contributed by atoms with Crippen LogP contribution in [0.2, 0.25) is 5.02 Å². The Morgan fingerprint density at radius 1 is 1.03 bits per heavy atom. The number of nitrogens with zero attached hydrogens (tertiary/aromatic N) is 1.